The lowest BCUT2D eigenvalue weighted by Gasteiger charge is -2.25. The summed E-state index contributed by atoms with van der Waals surface area (Å²) in [6, 6.07) is 2.08. The Kier molecular flexibility index (Phi) is 3.63. The molecule has 2 aliphatic rings. The van der Waals surface area contributed by atoms with Crippen LogP contribution in [0.4, 0.5) is 8.78 Å². The number of hydrogen-bond acceptors (Lipinski definition) is 2. The maximum atomic E-state index is 13.8. The molecule has 2 atom stereocenters. The molecule has 5 heteroatoms. The van der Waals surface area contributed by atoms with Crippen molar-refractivity contribution in [2.45, 2.75) is 25.4 Å². The van der Waals surface area contributed by atoms with E-state index in [9.17, 15) is 8.78 Å². The number of rotatable bonds is 4. The van der Waals surface area contributed by atoms with Gasteiger partial charge in [-0.1, -0.05) is 11.6 Å². The molecule has 1 aliphatic carbocycles. The van der Waals surface area contributed by atoms with Gasteiger partial charge >= 0.3 is 0 Å². The predicted octanol–water partition coefficient (Wildman–Crippen LogP) is 3.39. The smallest absolute Gasteiger partial charge is 0.176 e. The molecule has 0 spiro atoms. The van der Waals surface area contributed by atoms with Crippen molar-refractivity contribution in [1.29, 1.82) is 0 Å². The Hall–Kier alpha value is -0.870. The molecule has 1 aromatic carbocycles. The first-order valence-corrected chi connectivity index (χ1v) is 7.05. The van der Waals surface area contributed by atoms with Crippen LogP contribution in [-0.2, 0) is 0 Å². The summed E-state index contributed by atoms with van der Waals surface area (Å²) >= 11 is 5.82. The van der Waals surface area contributed by atoms with Gasteiger partial charge in [0.2, 0.25) is 0 Å². The summed E-state index contributed by atoms with van der Waals surface area (Å²) in [6.45, 7) is 1.83. The first kappa shape index (κ1) is 13.1. The van der Waals surface area contributed by atoms with Crippen molar-refractivity contribution in [2.75, 3.05) is 13.1 Å². The Bertz CT molecular complexity index is 473. The van der Waals surface area contributed by atoms with Gasteiger partial charge in [-0.05, 0) is 43.9 Å². The highest BCUT2D eigenvalue weighted by Crippen LogP contribution is 2.42. The number of hydrogen-bond donors (Lipinski definition) is 1. The first-order valence-electron chi connectivity index (χ1n) is 6.67. The van der Waals surface area contributed by atoms with Crippen LogP contribution in [0.3, 0.4) is 0 Å². The van der Waals surface area contributed by atoms with Crippen molar-refractivity contribution in [3.63, 3.8) is 0 Å². The van der Waals surface area contributed by atoms with E-state index in [4.69, 9.17) is 16.3 Å². The standard InChI is InChI=1S/C14H16ClF2NO/c15-12-10(16)3-4-11(17)14(12)19-13(8-1-2-8)9-5-6-18-7-9/h3-4,8-9,13,18H,1-2,5-7H2/t9-,13?/m0/s1. The van der Waals surface area contributed by atoms with E-state index in [1.54, 1.807) is 0 Å². The van der Waals surface area contributed by atoms with Gasteiger partial charge < -0.3 is 10.1 Å². The molecule has 104 valence electrons. The van der Waals surface area contributed by atoms with Crippen LogP contribution in [0, 0.1) is 23.5 Å². The fraction of sp³-hybridized carbons (Fsp3) is 0.571. The second-order valence-electron chi connectivity index (χ2n) is 5.35. The van der Waals surface area contributed by atoms with Crippen LogP contribution >= 0.6 is 11.6 Å². The SMILES string of the molecule is Fc1ccc(F)c(OC(C2CC2)[C@H]2CCNC2)c1Cl. The monoisotopic (exact) mass is 287 g/mol. The highest BCUT2D eigenvalue weighted by atomic mass is 35.5. The number of nitrogens with one attached hydrogen (secondary N) is 1. The van der Waals surface area contributed by atoms with Crippen molar-refractivity contribution >= 4 is 11.6 Å². The van der Waals surface area contributed by atoms with Gasteiger partial charge in [-0.3, -0.25) is 0 Å². The van der Waals surface area contributed by atoms with E-state index in [1.807, 2.05) is 0 Å². The summed E-state index contributed by atoms with van der Waals surface area (Å²) in [7, 11) is 0. The molecule has 0 amide bonds. The lowest BCUT2D eigenvalue weighted by molar-refractivity contribution is 0.115. The van der Waals surface area contributed by atoms with Crippen molar-refractivity contribution in [3.8, 4) is 5.75 Å². The van der Waals surface area contributed by atoms with Gasteiger partial charge in [0.1, 0.15) is 16.9 Å². The highest BCUT2D eigenvalue weighted by molar-refractivity contribution is 6.32. The third kappa shape index (κ3) is 2.70. The first-order chi connectivity index (χ1) is 9.16. The van der Waals surface area contributed by atoms with Crippen molar-refractivity contribution in [3.05, 3.63) is 28.8 Å². The Morgan fingerprint density at radius 2 is 1.89 bits per heavy atom. The maximum Gasteiger partial charge on any atom is 0.176 e. The van der Waals surface area contributed by atoms with Crippen LogP contribution in [0.25, 0.3) is 0 Å². The van der Waals surface area contributed by atoms with Crippen LogP contribution in [0.1, 0.15) is 19.3 Å². The average Bonchev–Trinajstić information content (AvgIpc) is 3.09. The van der Waals surface area contributed by atoms with E-state index in [0.29, 0.717) is 11.8 Å². The predicted molar refractivity (Wildman–Crippen MR) is 69.5 cm³/mol. The largest absolute Gasteiger partial charge is 0.485 e. The fourth-order valence-electron chi connectivity index (χ4n) is 2.71. The van der Waals surface area contributed by atoms with E-state index >= 15 is 0 Å². The van der Waals surface area contributed by atoms with Gasteiger partial charge in [-0.2, -0.15) is 0 Å². The molecule has 1 N–H and O–H groups in total. The van der Waals surface area contributed by atoms with Gasteiger partial charge in [0.15, 0.2) is 11.6 Å². The van der Waals surface area contributed by atoms with Crippen LogP contribution in [-0.4, -0.2) is 19.2 Å². The molecule has 1 unspecified atom stereocenters. The molecule has 2 fully saturated rings. The second-order valence-corrected chi connectivity index (χ2v) is 5.72. The minimum atomic E-state index is -0.642. The zero-order valence-electron chi connectivity index (χ0n) is 10.5. The lowest BCUT2D eigenvalue weighted by Crippen LogP contribution is -2.31. The Balaban J connectivity index is 1.83. The highest BCUT2D eigenvalue weighted by Gasteiger charge is 2.40. The molecular formula is C14H16ClF2NO. The molecule has 1 saturated heterocycles. The van der Waals surface area contributed by atoms with E-state index in [0.717, 1.165) is 44.5 Å². The molecule has 0 radical (unpaired) electrons. The third-order valence-corrected chi connectivity index (χ3v) is 4.26. The molecule has 1 heterocycles. The molecule has 19 heavy (non-hydrogen) atoms. The Labute approximate surface area is 116 Å². The molecule has 1 aromatic rings. The summed E-state index contributed by atoms with van der Waals surface area (Å²) in [4.78, 5) is 0. The molecule has 0 bridgehead atoms. The Morgan fingerprint density at radius 3 is 2.53 bits per heavy atom. The van der Waals surface area contributed by atoms with Crippen molar-refractivity contribution in [2.24, 2.45) is 11.8 Å². The lowest BCUT2D eigenvalue weighted by atomic mass is 9.97. The van der Waals surface area contributed by atoms with Crippen molar-refractivity contribution < 1.29 is 13.5 Å². The Morgan fingerprint density at radius 1 is 1.16 bits per heavy atom. The molecule has 1 aliphatic heterocycles. The van der Waals surface area contributed by atoms with E-state index in [-0.39, 0.29) is 16.9 Å². The molecule has 2 nitrogen and oxygen atoms in total. The minimum Gasteiger partial charge on any atom is -0.485 e. The summed E-state index contributed by atoms with van der Waals surface area (Å²) in [5, 5.41) is 3.03. The molecule has 1 saturated carbocycles. The summed E-state index contributed by atoms with van der Waals surface area (Å²) in [5.74, 6) is -0.569. The fourth-order valence-corrected chi connectivity index (χ4v) is 2.91. The number of halogens is 3. The topological polar surface area (TPSA) is 21.3 Å². The van der Waals surface area contributed by atoms with Crippen molar-refractivity contribution in [1.82, 2.24) is 5.32 Å². The van der Waals surface area contributed by atoms with Gasteiger partial charge in [0.05, 0.1) is 0 Å². The van der Waals surface area contributed by atoms with Gasteiger partial charge in [0, 0.05) is 12.5 Å². The zero-order valence-corrected chi connectivity index (χ0v) is 11.2. The average molecular weight is 288 g/mol. The second kappa shape index (κ2) is 5.25. The normalized spacial score (nSPS) is 24.5. The third-order valence-electron chi connectivity index (χ3n) is 3.91. The molecule has 0 aromatic heterocycles. The van der Waals surface area contributed by atoms with E-state index in [1.165, 1.54) is 0 Å². The number of benzene rings is 1. The van der Waals surface area contributed by atoms with E-state index in [2.05, 4.69) is 5.32 Å². The van der Waals surface area contributed by atoms with Gasteiger partial charge in [0.25, 0.3) is 0 Å². The van der Waals surface area contributed by atoms with Crippen LogP contribution in [0.5, 0.6) is 5.75 Å². The minimum absolute atomic E-state index is 0.0659. The molecular weight excluding hydrogens is 272 g/mol. The summed E-state index contributed by atoms with van der Waals surface area (Å²) in [6.07, 6.45) is 3.13. The zero-order chi connectivity index (χ0) is 13.4. The quantitative estimate of drug-likeness (QED) is 0.857. The van der Waals surface area contributed by atoms with Gasteiger partial charge in [-0.15, -0.1) is 0 Å². The summed E-state index contributed by atoms with van der Waals surface area (Å²) in [5.41, 5.74) is 0. The maximum absolute atomic E-state index is 13.8. The van der Waals surface area contributed by atoms with Gasteiger partial charge in [-0.25, -0.2) is 8.78 Å². The van der Waals surface area contributed by atoms with Crippen LogP contribution in [0.2, 0.25) is 5.02 Å². The van der Waals surface area contributed by atoms with Crippen LogP contribution in [0.15, 0.2) is 12.1 Å². The summed E-state index contributed by atoms with van der Waals surface area (Å²) < 4.78 is 33.0. The molecule has 3 rings (SSSR count). The van der Waals surface area contributed by atoms with Crippen LogP contribution < -0.4 is 10.1 Å². The van der Waals surface area contributed by atoms with E-state index < -0.39 is 11.6 Å². The number of ether oxygens (including phenoxy) is 1.